The van der Waals surface area contributed by atoms with Gasteiger partial charge >= 0.3 is 0 Å². The van der Waals surface area contributed by atoms with Gasteiger partial charge in [0, 0.05) is 16.7 Å². The molecule has 4 heteroatoms. The summed E-state index contributed by atoms with van der Waals surface area (Å²) in [6.45, 7) is 4.93. The first-order valence-electron chi connectivity index (χ1n) is 18.2. The molecule has 0 radical (unpaired) electrons. The highest BCUT2D eigenvalue weighted by atomic mass is 28.3. The van der Waals surface area contributed by atoms with Crippen LogP contribution in [0.25, 0.3) is 89.1 Å². The Bertz CT molecular complexity index is 2840. The summed E-state index contributed by atoms with van der Waals surface area (Å²) in [5.74, 6) is 2.01. The van der Waals surface area contributed by atoms with E-state index >= 15 is 0 Å². The van der Waals surface area contributed by atoms with E-state index in [0.717, 1.165) is 27.8 Å². The summed E-state index contributed by atoms with van der Waals surface area (Å²) in [4.78, 5) is 15.7. The van der Waals surface area contributed by atoms with Crippen LogP contribution in [0.15, 0.2) is 176 Å². The third-order valence-electron chi connectivity index (χ3n) is 10.9. The molecule has 0 atom stereocenters. The zero-order valence-corrected chi connectivity index (χ0v) is 30.6. The predicted octanol–water partition coefficient (Wildman–Crippen LogP) is 11.3. The molecule has 10 rings (SSSR count). The monoisotopic (exact) mass is 693 g/mol. The van der Waals surface area contributed by atoms with E-state index in [1.54, 1.807) is 0 Å². The summed E-state index contributed by atoms with van der Waals surface area (Å²) in [6, 6.07) is 62.9. The highest BCUT2D eigenvalue weighted by molar-refractivity contribution is 7.04. The van der Waals surface area contributed by atoms with E-state index in [-0.39, 0.29) is 0 Å². The Hall–Kier alpha value is -6.49. The van der Waals surface area contributed by atoms with Crippen molar-refractivity contribution >= 4 is 40.0 Å². The standard InChI is InChI=1S/C49H35N3Si/c1-53(2)43-18-10-17-42(46(43)45-41-16-9-8-14-36(41)29-30-44(45)53)49-51-47(37-24-19-34(20-25-37)32-11-4-3-5-12-32)50-48(52-49)38-26-21-35(22-27-38)40-28-23-33-13-6-7-15-39(33)31-40/h3-31H,1-2H3. The van der Waals surface area contributed by atoms with E-state index in [1.807, 2.05) is 6.07 Å². The van der Waals surface area contributed by atoms with Gasteiger partial charge in [0.1, 0.15) is 8.07 Å². The molecule has 250 valence electrons. The van der Waals surface area contributed by atoms with Crippen LogP contribution >= 0.6 is 0 Å². The van der Waals surface area contributed by atoms with E-state index in [2.05, 4.69) is 183 Å². The minimum atomic E-state index is -1.98. The van der Waals surface area contributed by atoms with E-state index in [9.17, 15) is 0 Å². The molecular weight excluding hydrogens is 659 g/mol. The van der Waals surface area contributed by atoms with E-state index in [1.165, 1.54) is 54.2 Å². The van der Waals surface area contributed by atoms with Crippen molar-refractivity contribution in [1.82, 2.24) is 15.0 Å². The largest absolute Gasteiger partial charge is 0.208 e. The summed E-state index contributed by atoms with van der Waals surface area (Å²) >= 11 is 0. The minimum Gasteiger partial charge on any atom is -0.208 e. The van der Waals surface area contributed by atoms with Gasteiger partial charge in [0.2, 0.25) is 0 Å². The Morgan fingerprint density at radius 3 is 1.57 bits per heavy atom. The van der Waals surface area contributed by atoms with Crippen LogP contribution in [0.1, 0.15) is 0 Å². The van der Waals surface area contributed by atoms with Crippen molar-refractivity contribution in [1.29, 1.82) is 0 Å². The van der Waals surface area contributed by atoms with Gasteiger partial charge < -0.3 is 0 Å². The second-order valence-electron chi connectivity index (χ2n) is 14.5. The quantitative estimate of drug-likeness (QED) is 0.168. The molecular formula is C49H35N3Si. The Kier molecular flexibility index (Phi) is 7.27. The van der Waals surface area contributed by atoms with Crippen molar-refractivity contribution < 1.29 is 0 Å². The minimum absolute atomic E-state index is 0.660. The highest BCUT2D eigenvalue weighted by Crippen LogP contribution is 2.40. The van der Waals surface area contributed by atoms with Crippen molar-refractivity contribution in [2.24, 2.45) is 0 Å². The maximum atomic E-state index is 5.28. The van der Waals surface area contributed by atoms with Gasteiger partial charge in [0.25, 0.3) is 0 Å². The van der Waals surface area contributed by atoms with Crippen LogP contribution in [0.5, 0.6) is 0 Å². The van der Waals surface area contributed by atoms with Crippen LogP contribution in [0.4, 0.5) is 0 Å². The molecule has 0 saturated heterocycles. The molecule has 8 aromatic carbocycles. The van der Waals surface area contributed by atoms with Gasteiger partial charge in [0.15, 0.2) is 17.5 Å². The lowest BCUT2D eigenvalue weighted by atomic mass is 9.94. The molecule has 3 nitrogen and oxygen atoms in total. The Morgan fingerprint density at radius 2 is 0.849 bits per heavy atom. The highest BCUT2D eigenvalue weighted by Gasteiger charge is 2.40. The van der Waals surface area contributed by atoms with Crippen LogP contribution in [0.2, 0.25) is 13.1 Å². The van der Waals surface area contributed by atoms with E-state index in [0.29, 0.717) is 17.5 Å². The number of aromatic nitrogens is 3. The maximum absolute atomic E-state index is 5.28. The SMILES string of the molecule is C[Si]1(C)c2cccc(-c3nc(-c4ccc(-c5ccccc5)cc4)nc(-c4ccc(-c5ccc6ccccc6c5)cc4)n3)c2-c2c1ccc1ccccc21. The molecule has 9 aromatic rings. The van der Waals surface area contributed by atoms with Crippen molar-refractivity contribution in [3.8, 4) is 67.5 Å². The molecule has 0 saturated carbocycles. The molecule has 1 aliphatic heterocycles. The van der Waals surface area contributed by atoms with Crippen molar-refractivity contribution in [3.05, 3.63) is 176 Å². The third-order valence-corrected chi connectivity index (χ3v) is 14.5. The second kappa shape index (κ2) is 12.3. The maximum Gasteiger partial charge on any atom is 0.164 e. The molecule has 1 aromatic heterocycles. The average molecular weight is 694 g/mol. The second-order valence-corrected chi connectivity index (χ2v) is 18.8. The summed E-state index contributed by atoms with van der Waals surface area (Å²) in [6.07, 6.45) is 0. The zero-order valence-electron chi connectivity index (χ0n) is 29.6. The topological polar surface area (TPSA) is 38.7 Å². The fraction of sp³-hybridized carbons (Fsp3) is 0.0408. The molecule has 0 unspecified atom stereocenters. The zero-order chi connectivity index (χ0) is 35.5. The van der Waals surface area contributed by atoms with Crippen LogP contribution < -0.4 is 10.4 Å². The first-order chi connectivity index (χ1) is 26.0. The molecule has 2 heterocycles. The van der Waals surface area contributed by atoms with Crippen LogP contribution in [-0.4, -0.2) is 23.0 Å². The molecule has 0 spiro atoms. The molecule has 1 aliphatic rings. The number of hydrogen-bond acceptors (Lipinski definition) is 3. The predicted molar refractivity (Wildman–Crippen MR) is 224 cm³/mol. The fourth-order valence-electron chi connectivity index (χ4n) is 8.11. The van der Waals surface area contributed by atoms with Gasteiger partial charge in [-0.3, -0.25) is 0 Å². The Balaban J connectivity index is 1.14. The lowest BCUT2D eigenvalue weighted by Crippen LogP contribution is -2.49. The van der Waals surface area contributed by atoms with Gasteiger partial charge in [-0.05, 0) is 71.4 Å². The van der Waals surface area contributed by atoms with Crippen LogP contribution in [-0.2, 0) is 0 Å². The smallest absolute Gasteiger partial charge is 0.164 e. The van der Waals surface area contributed by atoms with Crippen LogP contribution in [0.3, 0.4) is 0 Å². The summed E-state index contributed by atoms with van der Waals surface area (Å²) in [7, 11) is -1.98. The van der Waals surface area contributed by atoms with Gasteiger partial charge in [-0.25, -0.2) is 15.0 Å². The van der Waals surface area contributed by atoms with E-state index < -0.39 is 8.07 Å². The Labute approximate surface area is 310 Å². The molecule has 0 bridgehead atoms. The molecule has 0 aliphatic carbocycles. The summed E-state index contributed by atoms with van der Waals surface area (Å²) in [5.41, 5.74) is 10.2. The Morgan fingerprint density at radius 1 is 0.340 bits per heavy atom. The first-order valence-corrected chi connectivity index (χ1v) is 21.2. The average Bonchev–Trinajstić information content (AvgIpc) is 3.47. The number of nitrogens with zero attached hydrogens (tertiary/aromatic N) is 3. The normalized spacial score (nSPS) is 12.9. The van der Waals surface area contributed by atoms with Gasteiger partial charge in [-0.2, -0.15) is 0 Å². The third kappa shape index (κ3) is 5.30. The molecule has 53 heavy (non-hydrogen) atoms. The summed E-state index contributed by atoms with van der Waals surface area (Å²) in [5, 5.41) is 7.90. The molecule has 0 N–H and O–H groups in total. The first kappa shape index (κ1) is 31.3. The van der Waals surface area contributed by atoms with Gasteiger partial charge in [-0.15, -0.1) is 0 Å². The van der Waals surface area contributed by atoms with Crippen molar-refractivity contribution in [3.63, 3.8) is 0 Å². The number of fused-ring (bicyclic) bond motifs is 6. The van der Waals surface area contributed by atoms with Crippen molar-refractivity contribution in [2.75, 3.05) is 0 Å². The lowest BCUT2D eigenvalue weighted by Gasteiger charge is -2.19. The van der Waals surface area contributed by atoms with Crippen molar-refractivity contribution in [2.45, 2.75) is 13.1 Å². The van der Waals surface area contributed by atoms with Crippen LogP contribution in [0, 0.1) is 0 Å². The van der Waals surface area contributed by atoms with Gasteiger partial charge in [-0.1, -0.05) is 183 Å². The number of hydrogen-bond donors (Lipinski definition) is 0. The lowest BCUT2D eigenvalue weighted by molar-refractivity contribution is 1.07. The molecule has 0 fully saturated rings. The van der Waals surface area contributed by atoms with Gasteiger partial charge in [0.05, 0.1) is 0 Å². The number of rotatable bonds is 5. The molecule has 0 amide bonds. The number of benzene rings is 8. The van der Waals surface area contributed by atoms with E-state index in [4.69, 9.17) is 15.0 Å². The summed E-state index contributed by atoms with van der Waals surface area (Å²) < 4.78 is 0. The fourth-order valence-corrected chi connectivity index (χ4v) is 11.2.